The van der Waals surface area contributed by atoms with Gasteiger partial charge in [-0.05, 0) is 42.4 Å². The van der Waals surface area contributed by atoms with Gasteiger partial charge in [0.05, 0.1) is 0 Å². The molecule has 0 unspecified atom stereocenters. The Balaban J connectivity index is 2.65. The number of hydrogen-bond acceptors (Lipinski definition) is 0. The molecule has 0 aliphatic heterocycles. The topological polar surface area (TPSA) is 0 Å². The molecule has 0 saturated heterocycles. The van der Waals surface area contributed by atoms with Crippen molar-refractivity contribution in [1.29, 1.82) is 0 Å². The normalized spacial score (nSPS) is 11.8. The van der Waals surface area contributed by atoms with Gasteiger partial charge in [0, 0.05) is 5.02 Å². The number of halogens is 1. The van der Waals surface area contributed by atoms with E-state index in [1.165, 1.54) is 17.5 Å². The van der Waals surface area contributed by atoms with Gasteiger partial charge >= 0.3 is 0 Å². The number of benzene rings is 1. The quantitative estimate of drug-likeness (QED) is 0.668. The second kappa shape index (κ2) is 4.35. The standard InChI is InChI=1S/C13H19Cl/c1-10-9-11(5-6-12(10)14)7-8-13(2,3)4/h5-6,9H,7-8H2,1-4H3. The van der Waals surface area contributed by atoms with E-state index in [-0.39, 0.29) is 0 Å². The van der Waals surface area contributed by atoms with Crippen LogP contribution in [0.25, 0.3) is 0 Å². The molecule has 1 rings (SSSR count). The predicted octanol–water partition coefficient (Wildman–Crippen LogP) is 4.63. The van der Waals surface area contributed by atoms with Crippen molar-refractivity contribution < 1.29 is 0 Å². The van der Waals surface area contributed by atoms with Crippen LogP contribution < -0.4 is 0 Å². The fraction of sp³-hybridized carbons (Fsp3) is 0.538. The predicted molar refractivity (Wildman–Crippen MR) is 64.0 cm³/mol. The average molecular weight is 211 g/mol. The van der Waals surface area contributed by atoms with Crippen molar-refractivity contribution in [1.82, 2.24) is 0 Å². The zero-order valence-corrected chi connectivity index (χ0v) is 10.3. The van der Waals surface area contributed by atoms with Crippen molar-refractivity contribution in [2.45, 2.75) is 40.5 Å². The molecule has 1 aromatic carbocycles. The highest BCUT2D eigenvalue weighted by Crippen LogP contribution is 2.23. The number of hydrogen-bond donors (Lipinski definition) is 0. The molecule has 0 aromatic heterocycles. The third kappa shape index (κ3) is 3.71. The molecule has 14 heavy (non-hydrogen) atoms. The van der Waals surface area contributed by atoms with E-state index in [0.717, 1.165) is 11.4 Å². The van der Waals surface area contributed by atoms with Crippen LogP contribution in [-0.4, -0.2) is 0 Å². The van der Waals surface area contributed by atoms with E-state index in [1.54, 1.807) is 0 Å². The molecule has 0 radical (unpaired) electrons. The first kappa shape index (κ1) is 11.6. The minimum atomic E-state index is 0.410. The Kier molecular flexibility index (Phi) is 3.60. The van der Waals surface area contributed by atoms with Crippen LogP contribution in [0.1, 0.15) is 38.3 Å². The Labute approximate surface area is 92.3 Å². The van der Waals surface area contributed by atoms with Gasteiger partial charge < -0.3 is 0 Å². The molecular formula is C13H19Cl. The summed E-state index contributed by atoms with van der Waals surface area (Å²) in [6, 6.07) is 6.31. The highest BCUT2D eigenvalue weighted by Gasteiger charge is 2.10. The van der Waals surface area contributed by atoms with Gasteiger partial charge in [0.2, 0.25) is 0 Å². The van der Waals surface area contributed by atoms with Gasteiger partial charge in [-0.25, -0.2) is 0 Å². The van der Waals surface area contributed by atoms with E-state index in [0.29, 0.717) is 5.41 Å². The lowest BCUT2D eigenvalue weighted by molar-refractivity contribution is 0.378. The average Bonchev–Trinajstić information content (AvgIpc) is 2.06. The van der Waals surface area contributed by atoms with Gasteiger partial charge in [-0.1, -0.05) is 44.5 Å². The van der Waals surface area contributed by atoms with Crippen LogP contribution >= 0.6 is 11.6 Å². The van der Waals surface area contributed by atoms with Gasteiger partial charge in [0.25, 0.3) is 0 Å². The molecule has 0 saturated carbocycles. The maximum absolute atomic E-state index is 5.97. The first-order chi connectivity index (χ1) is 6.38. The van der Waals surface area contributed by atoms with Crippen molar-refractivity contribution in [3.63, 3.8) is 0 Å². The molecular weight excluding hydrogens is 192 g/mol. The molecule has 0 aliphatic rings. The minimum absolute atomic E-state index is 0.410. The second-order valence-corrected chi connectivity index (χ2v) is 5.55. The maximum Gasteiger partial charge on any atom is 0.0435 e. The molecule has 1 aromatic rings. The molecule has 0 fully saturated rings. The van der Waals surface area contributed by atoms with Crippen LogP contribution in [0.2, 0.25) is 5.02 Å². The van der Waals surface area contributed by atoms with E-state index in [9.17, 15) is 0 Å². The number of aryl methyl sites for hydroxylation is 2. The third-order valence-corrected chi connectivity index (χ3v) is 2.81. The molecule has 78 valence electrons. The summed E-state index contributed by atoms with van der Waals surface area (Å²) in [6.45, 7) is 8.88. The highest BCUT2D eigenvalue weighted by molar-refractivity contribution is 6.31. The summed E-state index contributed by atoms with van der Waals surface area (Å²) < 4.78 is 0. The first-order valence-electron chi connectivity index (χ1n) is 5.13. The summed E-state index contributed by atoms with van der Waals surface area (Å²) in [6.07, 6.45) is 2.36. The fourth-order valence-electron chi connectivity index (χ4n) is 1.38. The second-order valence-electron chi connectivity index (χ2n) is 5.14. The van der Waals surface area contributed by atoms with Crippen LogP contribution in [0.15, 0.2) is 18.2 Å². The van der Waals surface area contributed by atoms with Gasteiger partial charge in [-0.15, -0.1) is 0 Å². The molecule has 0 aliphatic carbocycles. The third-order valence-electron chi connectivity index (χ3n) is 2.39. The van der Waals surface area contributed by atoms with Crippen molar-refractivity contribution in [2.24, 2.45) is 5.41 Å². The van der Waals surface area contributed by atoms with Gasteiger partial charge in [-0.3, -0.25) is 0 Å². The van der Waals surface area contributed by atoms with Gasteiger partial charge in [0.15, 0.2) is 0 Å². The Bertz CT molecular complexity index is 308. The van der Waals surface area contributed by atoms with Gasteiger partial charge in [0.1, 0.15) is 0 Å². The molecule has 0 bridgehead atoms. The SMILES string of the molecule is Cc1cc(CCC(C)(C)C)ccc1Cl. The van der Waals surface area contributed by atoms with Crippen LogP contribution in [0, 0.1) is 12.3 Å². The number of rotatable bonds is 2. The Hall–Kier alpha value is -0.490. The molecule has 0 heterocycles. The monoisotopic (exact) mass is 210 g/mol. The lowest BCUT2D eigenvalue weighted by atomic mass is 9.88. The Morgan fingerprint density at radius 2 is 1.86 bits per heavy atom. The zero-order valence-electron chi connectivity index (χ0n) is 9.52. The molecule has 0 amide bonds. The van der Waals surface area contributed by atoms with E-state index in [1.807, 2.05) is 6.07 Å². The van der Waals surface area contributed by atoms with Crippen molar-refractivity contribution in [3.05, 3.63) is 34.3 Å². The van der Waals surface area contributed by atoms with Crippen LogP contribution in [0.4, 0.5) is 0 Å². The summed E-state index contributed by atoms with van der Waals surface area (Å²) >= 11 is 5.97. The first-order valence-corrected chi connectivity index (χ1v) is 5.51. The van der Waals surface area contributed by atoms with Gasteiger partial charge in [-0.2, -0.15) is 0 Å². The Morgan fingerprint density at radius 3 is 2.36 bits per heavy atom. The lowest BCUT2D eigenvalue weighted by Gasteiger charge is -2.17. The summed E-state index contributed by atoms with van der Waals surface area (Å²) in [5, 5.41) is 0.865. The summed E-state index contributed by atoms with van der Waals surface area (Å²) in [4.78, 5) is 0. The van der Waals surface area contributed by atoms with Crippen LogP contribution in [0.5, 0.6) is 0 Å². The van der Waals surface area contributed by atoms with E-state index >= 15 is 0 Å². The Morgan fingerprint density at radius 1 is 1.21 bits per heavy atom. The van der Waals surface area contributed by atoms with Crippen molar-refractivity contribution in [3.8, 4) is 0 Å². The highest BCUT2D eigenvalue weighted by atomic mass is 35.5. The largest absolute Gasteiger partial charge is 0.0841 e. The maximum atomic E-state index is 5.97. The summed E-state index contributed by atoms with van der Waals surface area (Å²) in [5.41, 5.74) is 2.98. The van der Waals surface area contributed by atoms with Crippen molar-refractivity contribution in [2.75, 3.05) is 0 Å². The van der Waals surface area contributed by atoms with E-state index in [4.69, 9.17) is 11.6 Å². The molecule has 0 atom stereocenters. The van der Waals surface area contributed by atoms with Crippen LogP contribution in [-0.2, 0) is 6.42 Å². The van der Waals surface area contributed by atoms with Crippen LogP contribution in [0.3, 0.4) is 0 Å². The lowest BCUT2D eigenvalue weighted by Crippen LogP contribution is -2.06. The molecule has 0 N–H and O–H groups in total. The molecule has 1 heteroatoms. The zero-order chi connectivity index (χ0) is 10.8. The fourth-order valence-corrected chi connectivity index (χ4v) is 1.50. The molecule has 0 spiro atoms. The molecule has 0 nitrogen and oxygen atoms in total. The summed E-state index contributed by atoms with van der Waals surface area (Å²) in [7, 11) is 0. The summed E-state index contributed by atoms with van der Waals surface area (Å²) in [5.74, 6) is 0. The van der Waals surface area contributed by atoms with E-state index < -0.39 is 0 Å². The van der Waals surface area contributed by atoms with E-state index in [2.05, 4.69) is 39.8 Å². The minimum Gasteiger partial charge on any atom is -0.0841 e. The van der Waals surface area contributed by atoms with Crippen molar-refractivity contribution >= 4 is 11.6 Å². The smallest absolute Gasteiger partial charge is 0.0435 e.